The van der Waals surface area contributed by atoms with Crippen LogP contribution in [0.5, 0.6) is 0 Å². The van der Waals surface area contributed by atoms with E-state index in [1.807, 2.05) is 24.3 Å². The monoisotopic (exact) mass is 460 g/mol. The van der Waals surface area contributed by atoms with Crippen molar-refractivity contribution in [1.82, 2.24) is 10.2 Å². The Morgan fingerprint density at radius 3 is 2.24 bits per heavy atom. The zero-order valence-electron chi connectivity index (χ0n) is 19.1. The van der Waals surface area contributed by atoms with Crippen LogP contribution >= 0.6 is 0 Å². The minimum atomic E-state index is -1.14. The van der Waals surface area contributed by atoms with Crippen LogP contribution in [0.15, 0.2) is 48.5 Å². The minimum absolute atomic E-state index is 0.0448. The number of rotatable bonds is 9. The smallest absolute Gasteiger partial charge is 0.407 e. The maximum atomic E-state index is 12.8. The van der Waals surface area contributed by atoms with E-state index in [0.29, 0.717) is 0 Å². The molecule has 0 bridgehead atoms. The second-order valence-electron chi connectivity index (χ2n) is 9.17. The topological polar surface area (TPSA) is 95.9 Å². The molecule has 2 aromatic carbocycles. The number of benzene rings is 2. The molecule has 2 aromatic rings. The number of carboxylic acid groups (broad SMARTS) is 1. The Kier molecular flexibility index (Phi) is 6.60. The lowest BCUT2D eigenvalue weighted by molar-refractivity contribution is -0.144. The molecule has 0 aliphatic heterocycles. The van der Waals surface area contributed by atoms with Crippen molar-refractivity contribution in [3.8, 4) is 23.5 Å². The summed E-state index contributed by atoms with van der Waals surface area (Å²) in [6, 6.07) is 16.2. The van der Waals surface area contributed by atoms with Crippen molar-refractivity contribution in [2.45, 2.75) is 37.6 Å². The van der Waals surface area contributed by atoms with Gasteiger partial charge in [0.1, 0.15) is 13.2 Å². The highest BCUT2D eigenvalue weighted by atomic mass is 16.5. The normalized spacial score (nSPS) is 15.9. The first-order chi connectivity index (χ1) is 16.3. The van der Waals surface area contributed by atoms with Crippen LogP contribution in [-0.4, -0.2) is 53.2 Å². The number of ether oxygens (including phenoxy) is 1. The summed E-state index contributed by atoms with van der Waals surface area (Å²) < 4.78 is 5.67. The second-order valence-corrected chi connectivity index (χ2v) is 9.17. The molecule has 0 saturated heterocycles. The van der Waals surface area contributed by atoms with Crippen LogP contribution in [0.1, 0.15) is 43.2 Å². The lowest BCUT2D eigenvalue weighted by atomic mass is 9.91. The number of nitrogens with one attached hydrogen (secondary N) is 1. The molecule has 1 unspecified atom stereocenters. The van der Waals surface area contributed by atoms with Crippen LogP contribution in [0.4, 0.5) is 4.79 Å². The van der Waals surface area contributed by atoms with Gasteiger partial charge < -0.3 is 20.1 Å². The van der Waals surface area contributed by atoms with E-state index in [1.165, 1.54) is 0 Å². The number of nitrogens with zero attached hydrogens (tertiary/aromatic N) is 1. The Hall–Kier alpha value is -3.79. The quantitative estimate of drug-likeness (QED) is 0.557. The number of aliphatic carboxylic acids is 1. The molecule has 176 valence electrons. The summed E-state index contributed by atoms with van der Waals surface area (Å²) in [5, 5.41) is 12.0. The Balaban J connectivity index is 1.43. The van der Waals surface area contributed by atoms with Crippen molar-refractivity contribution in [3.63, 3.8) is 0 Å². The number of carbonyl (C=O) groups is 3. The molecule has 7 heteroatoms. The Bertz CT molecular complexity index is 1100. The summed E-state index contributed by atoms with van der Waals surface area (Å²) in [5.41, 5.74) is 3.69. The molecule has 2 amide bonds. The number of alkyl carbamates (subject to hydrolysis) is 1. The van der Waals surface area contributed by atoms with E-state index in [0.717, 1.165) is 40.0 Å². The standard InChI is InChI=1S/C27H28N2O5/c1-3-14-29(16-25(31)32)24(30)15-27(2,18-12-13-18)28-26(33)34-17-23-21-10-6-4-8-19(21)20-9-5-7-11-22(20)23/h1,4-11,18,23H,12-17H2,2H3,(H,28,33)(H,31,32). The number of carbonyl (C=O) groups excluding carboxylic acids is 2. The third-order valence-electron chi connectivity index (χ3n) is 6.69. The van der Waals surface area contributed by atoms with Crippen LogP contribution in [0.3, 0.4) is 0 Å². The summed E-state index contributed by atoms with van der Waals surface area (Å²) in [7, 11) is 0. The lowest BCUT2D eigenvalue weighted by Crippen LogP contribution is -2.52. The molecule has 0 radical (unpaired) electrons. The molecule has 34 heavy (non-hydrogen) atoms. The fraction of sp³-hybridized carbons (Fsp3) is 0.370. The van der Waals surface area contributed by atoms with Crippen molar-refractivity contribution in [2.24, 2.45) is 5.92 Å². The number of hydrogen-bond donors (Lipinski definition) is 2. The van der Waals surface area contributed by atoms with Gasteiger partial charge in [0.15, 0.2) is 0 Å². The highest BCUT2D eigenvalue weighted by Crippen LogP contribution is 2.45. The molecule has 4 rings (SSSR count). The molecule has 0 spiro atoms. The molecular weight excluding hydrogens is 432 g/mol. The number of fused-ring (bicyclic) bond motifs is 3. The summed E-state index contributed by atoms with van der Waals surface area (Å²) in [6.45, 7) is 1.40. The molecular formula is C27H28N2O5. The third kappa shape index (κ3) is 4.91. The van der Waals surface area contributed by atoms with E-state index in [9.17, 15) is 14.4 Å². The largest absolute Gasteiger partial charge is 0.480 e. The number of hydrogen-bond acceptors (Lipinski definition) is 4. The van der Waals surface area contributed by atoms with E-state index >= 15 is 0 Å². The summed E-state index contributed by atoms with van der Waals surface area (Å²) in [6.07, 6.45) is 6.42. The van der Waals surface area contributed by atoms with Crippen LogP contribution in [0.25, 0.3) is 11.1 Å². The molecule has 0 aromatic heterocycles. The van der Waals surface area contributed by atoms with Crippen molar-refractivity contribution in [3.05, 3.63) is 59.7 Å². The van der Waals surface area contributed by atoms with Gasteiger partial charge in [-0.15, -0.1) is 6.42 Å². The van der Waals surface area contributed by atoms with Crippen LogP contribution in [-0.2, 0) is 14.3 Å². The van der Waals surface area contributed by atoms with Crippen LogP contribution in [0, 0.1) is 18.3 Å². The third-order valence-corrected chi connectivity index (χ3v) is 6.69. The molecule has 1 saturated carbocycles. The van der Waals surface area contributed by atoms with Crippen LogP contribution < -0.4 is 5.32 Å². The van der Waals surface area contributed by atoms with Gasteiger partial charge in [-0.05, 0) is 47.9 Å². The van der Waals surface area contributed by atoms with E-state index in [-0.39, 0.29) is 31.4 Å². The average molecular weight is 461 g/mol. The van der Waals surface area contributed by atoms with Gasteiger partial charge in [0.2, 0.25) is 5.91 Å². The summed E-state index contributed by atoms with van der Waals surface area (Å²) >= 11 is 0. The predicted molar refractivity (Wildman–Crippen MR) is 127 cm³/mol. The van der Waals surface area contributed by atoms with Crippen molar-refractivity contribution in [1.29, 1.82) is 0 Å². The summed E-state index contributed by atoms with van der Waals surface area (Å²) in [4.78, 5) is 37.9. The predicted octanol–water partition coefficient (Wildman–Crippen LogP) is 3.63. The van der Waals surface area contributed by atoms with Gasteiger partial charge in [0, 0.05) is 5.92 Å². The number of terminal acetylenes is 1. The Labute approximate surface area is 199 Å². The lowest BCUT2D eigenvalue weighted by Gasteiger charge is -2.32. The molecule has 2 aliphatic rings. The maximum Gasteiger partial charge on any atom is 0.407 e. The van der Waals surface area contributed by atoms with E-state index in [2.05, 4.69) is 35.5 Å². The highest BCUT2D eigenvalue weighted by molar-refractivity contribution is 5.83. The van der Waals surface area contributed by atoms with Gasteiger partial charge in [-0.1, -0.05) is 54.5 Å². The SMILES string of the molecule is C#CCN(CC(=O)O)C(=O)CC(C)(NC(=O)OCC1c2ccccc2-c2ccccc21)C1CC1. The van der Waals surface area contributed by atoms with Crippen molar-refractivity contribution < 1.29 is 24.2 Å². The van der Waals surface area contributed by atoms with Crippen LogP contribution in [0.2, 0.25) is 0 Å². The Morgan fingerprint density at radius 1 is 1.12 bits per heavy atom. The van der Waals surface area contributed by atoms with Gasteiger partial charge >= 0.3 is 12.1 Å². The van der Waals surface area contributed by atoms with Gasteiger partial charge in [0.05, 0.1) is 18.5 Å². The van der Waals surface area contributed by atoms with E-state index in [4.69, 9.17) is 16.3 Å². The Morgan fingerprint density at radius 2 is 1.71 bits per heavy atom. The molecule has 1 atom stereocenters. The molecule has 1 fully saturated rings. The number of amides is 2. The first-order valence-electron chi connectivity index (χ1n) is 11.4. The van der Waals surface area contributed by atoms with Gasteiger partial charge in [0.25, 0.3) is 0 Å². The maximum absolute atomic E-state index is 12.8. The highest BCUT2D eigenvalue weighted by Gasteiger charge is 2.45. The first kappa shape index (κ1) is 23.4. The fourth-order valence-corrected chi connectivity index (χ4v) is 4.81. The fourth-order valence-electron chi connectivity index (χ4n) is 4.81. The zero-order valence-corrected chi connectivity index (χ0v) is 19.1. The molecule has 2 aliphatic carbocycles. The molecule has 2 N–H and O–H groups in total. The first-order valence-corrected chi connectivity index (χ1v) is 11.4. The van der Waals surface area contributed by atoms with Crippen molar-refractivity contribution in [2.75, 3.05) is 19.7 Å². The van der Waals surface area contributed by atoms with E-state index in [1.54, 1.807) is 6.92 Å². The molecule has 0 heterocycles. The zero-order chi connectivity index (χ0) is 24.3. The minimum Gasteiger partial charge on any atom is -0.480 e. The van der Waals surface area contributed by atoms with E-state index < -0.39 is 30.1 Å². The number of carboxylic acids is 1. The molecule has 7 nitrogen and oxygen atoms in total. The van der Waals surface area contributed by atoms with Gasteiger partial charge in [-0.2, -0.15) is 0 Å². The summed E-state index contributed by atoms with van der Waals surface area (Å²) in [5.74, 6) is 0.835. The van der Waals surface area contributed by atoms with Gasteiger partial charge in [-0.3, -0.25) is 9.59 Å². The van der Waals surface area contributed by atoms with Gasteiger partial charge in [-0.25, -0.2) is 4.79 Å². The average Bonchev–Trinajstić information content (AvgIpc) is 3.61. The second kappa shape index (κ2) is 9.60. The van der Waals surface area contributed by atoms with Crippen molar-refractivity contribution >= 4 is 18.0 Å².